The first-order valence-electron chi connectivity index (χ1n) is 7.36. The second-order valence-electron chi connectivity index (χ2n) is 6.87. The molecule has 1 aliphatic rings. The fraction of sp³-hybridized carbons (Fsp3) is 0.733. The fourth-order valence-corrected chi connectivity index (χ4v) is 6.12. The molecular formula is C15H25NO3S2. The molecule has 0 amide bonds. The molecule has 0 aliphatic carbocycles. The summed E-state index contributed by atoms with van der Waals surface area (Å²) in [5.74, 6) is 0.560. The molecule has 1 aliphatic heterocycles. The van der Waals surface area contributed by atoms with Crippen LogP contribution < -0.4 is 0 Å². The second kappa shape index (κ2) is 5.99. The Hall–Kier alpha value is -0.430. The third kappa shape index (κ3) is 3.33. The van der Waals surface area contributed by atoms with Crippen molar-refractivity contribution in [2.45, 2.75) is 52.0 Å². The molecule has 1 fully saturated rings. The van der Waals surface area contributed by atoms with Crippen LogP contribution in [0.3, 0.4) is 0 Å². The first-order chi connectivity index (χ1) is 9.67. The number of piperidine rings is 1. The van der Waals surface area contributed by atoms with E-state index in [1.807, 2.05) is 0 Å². The maximum absolute atomic E-state index is 12.8. The van der Waals surface area contributed by atoms with E-state index < -0.39 is 10.0 Å². The van der Waals surface area contributed by atoms with Crippen LogP contribution in [0.15, 0.2) is 10.3 Å². The third-order valence-electron chi connectivity index (χ3n) is 4.41. The highest BCUT2D eigenvalue weighted by Gasteiger charge is 2.35. The van der Waals surface area contributed by atoms with Crippen LogP contribution in [0.25, 0.3) is 0 Å². The molecule has 0 aromatic carbocycles. The first-order valence-corrected chi connectivity index (χ1v) is 9.68. The molecule has 0 bridgehead atoms. The number of rotatable bonds is 3. The van der Waals surface area contributed by atoms with Gasteiger partial charge in [0, 0.05) is 13.1 Å². The minimum atomic E-state index is -3.48. The summed E-state index contributed by atoms with van der Waals surface area (Å²) in [6, 6.07) is 0. The summed E-state index contributed by atoms with van der Waals surface area (Å²) in [4.78, 5) is 0.870. The Balaban J connectivity index is 2.21. The summed E-state index contributed by atoms with van der Waals surface area (Å²) in [6.07, 6.45) is 1.81. The van der Waals surface area contributed by atoms with Crippen molar-refractivity contribution in [3.63, 3.8) is 0 Å². The van der Waals surface area contributed by atoms with E-state index in [2.05, 4.69) is 20.8 Å². The van der Waals surface area contributed by atoms with Gasteiger partial charge >= 0.3 is 0 Å². The molecule has 6 heteroatoms. The van der Waals surface area contributed by atoms with Gasteiger partial charge in [0.2, 0.25) is 10.0 Å². The molecule has 4 nitrogen and oxygen atoms in total. The van der Waals surface area contributed by atoms with Crippen LogP contribution in [0.2, 0.25) is 0 Å². The van der Waals surface area contributed by atoms with Crippen molar-refractivity contribution in [2.75, 3.05) is 13.1 Å². The first kappa shape index (κ1) is 16.9. The van der Waals surface area contributed by atoms with Crippen LogP contribution >= 0.6 is 11.3 Å². The van der Waals surface area contributed by atoms with Crippen molar-refractivity contribution in [2.24, 2.45) is 11.3 Å². The zero-order valence-electron chi connectivity index (χ0n) is 13.2. The van der Waals surface area contributed by atoms with E-state index >= 15 is 0 Å². The number of hydrogen-bond acceptors (Lipinski definition) is 4. The smallest absolute Gasteiger partial charge is 0.244 e. The zero-order valence-corrected chi connectivity index (χ0v) is 14.9. The normalized spacial score (nSPS) is 19.1. The van der Waals surface area contributed by atoms with Crippen molar-refractivity contribution in [3.05, 3.63) is 15.8 Å². The van der Waals surface area contributed by atoms with Gasteiger partial charge in [0.25, 0.3) is 0 Å². The molecule has 120 valence electrons. The van der Waals surface area contributed by atoms with Crippen molar-refractivity contribution in [1.82, 2.24) is 4.31 Å². The minimum absolute atomic E-state index is 0.217. The fourth-order valence-electron chi connectivity index (χ4n) is 3.03. The predicted molar refractivity (Wildman–Crippen MR) is 85.9 cm³/mol. The minimum Gasteiger partial charge on any atom is -0.391 e. The molecule has 1 saturated heterocycles. The SMILES string of the molecule is Cc1csc(CO)c1S(=O)(=O)N1CCC(C(C)(C)C)CC1. The summed E-state index contributed by atoms with van der Waals surface area (Å²) in [5, 5.41) is 11.2. The Kier molecular flexibility index (Phi) is 4.83. The molecule has 1 aromatic heterocycles. The average molecular weight is 332 g/mol. The van der Waals surface area contributed by atoms with Gasteiger partial charge in [-0.2, -0.15) is 4.31 Å². The summed E-state index contributed by atoms with van der Waals surface area (Å²) in [5.41, 5.74) is 0.965. The number of sulfonamides is 1. The van der Waals surface area contributed by atoms with Gasteiger partial charge in [-0.15, -0.1) is 11.3 Å². The number of aliphatic hydroxyl groups is 1. The van der Waals surface area contributed by atoms with Gasteiger partial charge in [-0.05, 0) is 42.0 Å². The van der Waals surface area contributed by atoms with E-state index in [4.69, 9.17) is 0 Å². The van der Waals surface area contributed by atoms with Crippen molar-refractivity contribution >= 4 is 21.4 Å². The third-order valence-corrected chi connectivity index (χ3v) is 7.76. The van der Waals surface area contributed by atoms with E-state index in [9.17, 15) is 13.5 Å². The molecule has 1 N–H and O–H groups in total. The van der Waals surface area contributed by atoms with Crippen molar-refractivity contribution in [1.29, 1.82) is 0 Å². The van der Waals surface area contributed by atoms with E-state index in [-0.39, 0.29) is 12.0 Å². The quantitative estimate of drug-likeness (QED) is 0.926. The molecule has 21 heavy (non-hydrogen) atoms. The van der Waals surface area contributed by atoms with Crippen molar-refractivity contribution in [3.8, 4) is 0 Å². The lowest BCUT2D eigenvalue weighted by Gasteiger charge is -2.38. The van der Waals surface area contributed by atoms with Gasteiger partial charge in [0.1, 0.15) is 4.90 Å². The molecule has 0 atom stereocenters. The van der Waals surface area contributed by atoms with E-state index in [0.29, 0.717) is 28.8 Å². The zero-order chi connectivity index (χ0) is 15.8. The predicted octanol–water partition coefficient (Wildman–Crippen LogP) is 3.00. The number of thiophene rings is 1. The van der Waals surface area contributed by atoms with Crippen LogP contribution in [-0.2, 0) is 16.6 Å². The van der Waals surface area contributed by atoms with E-state index in [0.717, 1.165) is 18.4 Å². The monoisotopic (exact) mass is 331 g/mol. The summed E-state index contributed by atoms with van der Waals surface area (Å²) < 4.78 is 27.2. The number of aryl methyl sites for hydroxylation is 1. The Morgan fingerprint density at radius 1 is 1.33 bits per heavy atom. The summed E-state index contributed by atoms with van der Waals surface area (Å²) >= 11 is 1.32. The maximum Gasteiger partial charge on any atom is 0.244 e. The maximum atomic E-state index is 12.8. The molecule has 1 aromatic rings. The molecule has 0 saturated carbocycles. The molecular weight excluding hydrogens is 306 g/mol. The largest absolute Gasteiger partial charge is 0.391 e. The van der Waals surface area contributed by atoms with Crippen LogP contribution in [0, 0.1) is 18.3 Å². The molecule has 0 unspecified atom stereocenters. The summed E-state index contributed by atoms with van der Waals surface area (Å²) in [6.45, 7) is 9.38. The number of nitrogens with zero attached hydrogens (tertiary/aromatic N) is 1. The molecule has 2 rings (SSSR count). The Labute approximate surface area is 131 Å². The van der Waals surface area contributed by atoms with Crippen LogP contribution in [-0.4, -0.2) is 30.9 Å². The molecule has 2 heterocycles. The topological polar surface area (TPSA) is 57.6 Å². The molecule has 0 radical (unpaired) electrons. The van der Waals surface area contributed by atoms with E-state index in [1.165, 1.54) is 11.3 Å². The number of hydrogen-bond donors (Lipinski definition) is 1. The number of aliphatic hydroxyl groups excluding tert-OH is 1. The highest BCUT2D eigenvalue weighted by atomic mass is 32.2. The van der Waals surface area contributed by atoms with Crippen LogP contribution in [0.1, 0.15) is 44.1 Å². The second-order valence-corrected chi connectivity index (χ2v) is 9.71. The van der Waals surface area contributed by atoms with Crippen LogP contribution in [0.4, 0.5) is 0 Å². The Morgan fingerprint density at radius 3 is 2.38 bits per heavy atom. The summed E-state index contributed by atoms with van der Waals surface area (Å²) in [7, 11) is -3.48. The van der Waals surface area contributed by atoms with Crippen LogP contribution in [0.5, 0.6) is 0 Å². The van der Waals surface area contributed by atoms with Gasteiger partial charge in [-0.25, -0.2) is 8.42 Å². The standard InChI is InChI=1S/C15H25NO3S2/c1-11-10-20-13(9-17)14(11)21(18,19)16-7-5-12(6-8-16)15(2,3)4/h10,12,17H,5-9H2,1-4H3. The lowest BCUT2D eigenvalue weighted by Crippen LogP contribution is -2.41. The van der Waals surface area contributed by atoms with Gasteiger partial charge in [-0.3, -0.25) is 0 Å². The lowest BCUT2D eigenvalue weighted by molar-refractivity contribution is 0.154. The average Bonchev–Trinajstić information content (AvgIpc) is 2.79. The highest BCUT2D eigenvalue weighted by Crippen LogP contribution is 2.37. The highest BCUT2D eigenvalue weighted by molar-refractivity contribution is 7.89. The van der Waals surface area contributed by atoms with Gasteiger partial charge < -0.3 is 5.11 Å². The molecule has 0 spiro atoms. The lowest BCUT2D eigenvalue weighted by atomic mass is 9.76. The van der Waals surface area contributed by atoms with Crippen molar-refractivity contribution < 1.29 is 13.5 Å². The Bertz CT molecular complexity index is 591. The van der Waals surface area contributed by atoms with Gasteiger partial charge in [-0.1, -0.05) is 20.8 Å². The van der Waals surface area contributed by atoms with E-state index in [1.54, 1.807) is 16.6 Å². The Morgan fingerprint density at radius 2 is 1.90 bits per heavy atom. The van der Waals surface area contributed by atoms with Gasteiger partial charge in [0.15, 0.2) is 0 Å². The van der Waals surface area contributed by atoms with Gasteiger partial charge in [0.05, 0.1) is 11.5 Å².